The van der Waals surface area contributed by atoms with Gasteiger partial charge in [-0.3, -0.25) is 4.68 Å². The second-order valence-corrected chi connectivity index (χ2v) is 3.29. The summed E-state index contributed by atoms with van der Waals surface area (Å²) in [6, 6.07) is 8.24. The SMILES string of the molecule is CCn1cnc(-c2ccc(C)cc2)n1.CS. The van der Waals surface area contributed by atoms with E-state index in [1.54, 1.807) is 12.6 Å². The van der Waals surface area contributed by atoms with Gasteiger partial charge in [0.1, 0.15) is 6.33 Å². The molecule has 16 heavy (non-hydrogen) atoms. The Bertz CT molecular complexity index is 420. The van der Waals surface area contributed by atoms with E-state index < -0.39 is 0 Å². The maximum atomic E-state index is 4.33. The summed E-state index contributed by atoms with van der Waals surface area (Å²) in [5, 5.41) is 4.33. The highest BCUT2D eigenvalue weighted by Gasteiger charge is 2.01. The Hall–Kier alpha value is -1.29. The Morgan fingerprint density at radius 3 is 2.31 bits per heavy atom. The normalized spacial score (nSPS) is 9.50. The Balaban J connectivity index is 0.000000606. The van der Waals surface area contributed by atoms with E-state index in [1.807, 2.05) is 23.7 Å². The van der Waals surface area contributed by atoms with Crippen LogP contribution in [0.5, 0.6) is 0 Å². The minimum absolute atomic E-state index is 0.798. The molecule has 2 aromatic rings. The molecule has 1 aromatic heterocycles. The first-order chi connectivity index (χ1) is 7.79. The summed E-state index contributed by atoms with van der Waals surface area (Å²) >= 11 is 3.53. The van der Waals surface area contributed by atoms with Gasteiger partial charge in [-0.15, -0.1) is 0 Å². The van der Waals surface area contributed by atoms with Gasteiger partial charge >= 0.3 is 0 Å². The predicted molar refractivity (Wildman–Crippen MR) is 70.8 cm³/mol. The summed E-state index contributed by atoms with van der Waals surface area (Å²) in [7, 11) is 0. The van der Waals surface area contributed by atoms with Crippen molar-refractivity contribution in [3.8, 4) is 11.4 Å². The van der Waals surface area contributed by atoms with Gasteiger partial charge in [0.15, 0.2) is 5.82 Å². The highest BCUT2D eigenvalue weighted by molar-refractivity contribution is 7.79. The molecule has 2 rings (SSSR count). The molecule has 0 aliphatic heterocycles. The van der Waals surface area contributed by atoms with Gasteiger partial charge in [-0.2, -0.15) is 17.7 Å². The van der Waals surface area contributed by atoms with Crippen molar-refractivity contribution in [1.82, 2.24) is 14.8 Å². The molecule has 86 valence electrons. The van der Waals surface area contributed by atoms with Crippen LogP contribution in [-0.4, -0.2) is 21.0 Å². The molecular formula is C12H17N3S. The highest BCUT2D eigenvalue weighted by Crippen LogP contribution is 2.14. The first-order valence-corrected chi connectivity index (χ1v) is 6.10. The first kappa shape index (κ1) is 12.8. The van der Waals surface area contributed by atoms with Crippen LogP contribution in [0.3, 0.4) is 0 Å². The minimum Gasteiger partial charge on any atom is -0.253 e. The average molecular weight is 235 g/mol. The number of aromatic nitrogens is 3. The summed E-state index contributed by atoms with van der Waals surface area (Å²) < 4.78 is 1.83. The lowest BCUT2D eigenvalue weighted by molar-refractivity contribution is 0.659. The summed E-state index contributed by atoms with van der Waals surface area (Å²) in [5.41, 5.74) is 2.33. The standard InChI is InChI=1S/C11H13N3.CH4S/c1-3-14-8-12-11(13-14)10-6-4-9(2)5-7-10;1-2/h4-8H,3H2,1-2H3;2H,1H3. The molecule has 0 spiro atoms. The lowest BCUT2D eigenvalue weighted by Crippen LogP contribution is -1.93. The number of aryl methyl sites for hydroxylation is 2. The van der Waals surface area contributed by atoms with Gasteiger partial charge in [0.2, 0.25) is 0 Å². The average Bonchev–Trinajstić information content (AvgIpc) is 2.81. The van der Waals surface area contributed by atoms with Gasteiger partial charge in [-0.25, -0.2) is 4.98 Å². The van der Waals surface area contributed by atoms with Crippen molar-refractivity contribution in [2.45, 2.75) is 20.4 Å². The molecule has 3 nitrogen and oxygen atoms in total. The van der Waals surface area contributed by atoms with Crippen molar-refractivity contribution >= 4 is 12.6 Å². The van der Waals surface area contributed by atoms with Gasteiger partial charge in [0, 0.05) is 12.1 Å². The molecule has 1 heterocycles. The number of nitrogens with zero attached hydrogens (tertiary/aromatic N) is 3. The molecule has 0 bridgehead atoms. The van der Waals surface area contributed by atoms with Gasteiger partial charge in [-0.05, 0) is 20.1 Å². The van der Waals surface area contributed by atoms with Crippen LogP contribution >= 0.6 is 12.6 Å². The third-order valence-electron chi connectivity index (χ3n) is 2.17. The van der Waals surface area contributed by atoms with Crippen molar-refractivity contribution in [3.63, 3.8) is 0 Å². The fourth-order valence-corrected chi connectivity index (χ4v) is 1.28. The fourth-order valence-electron chi connectivity index (χ4n) is 1.28. The minimum atomic E-state index is 0.798. The Kier molecular flexibility index (Phi) is 5.05. The van der Waals surface area contributed by atoms with E-state index in [9.17, 15) is 0 Å². The van der Waals surface area contributed by atoms with E-state index >= 15 is 0 Å². The largest absolute Gasteiger partial charge is 0.253 e. The molecular weight excluding hydrogens is 218 g/mol. The number of hydrogen-bond acceptors (Lipinski definition) is 3. The van der Waals surface area contributed by atoms with E-state index in [0.29, 0.717) is 0 Å². The number of hydrogen-bond donors (Lipinski definition) is 1. The van der Waals surface area contributed by atoms with Crippen LogP contribution in [0.2, 0.25) is 0 Å². The summed E-state index contributed by atoms with van der Waals surface area (Å²) in [4.78, 5) is 4.24. The molecule has 4 heteroatoms. The molecule has 0 unspecified atom stereocenters. The molecule has 0 fully saturated rings. The zero-order valence-electron chi connectivity index (χ0n) is 9.88. The van der Waals surface area contributed by atoms with Crippen LogP contribution in [0.1, 0.15) is 12.5 Å². The lowest BCUT2D eigenvalue weighted by atomic mass is 10.1. The molecule has 0 radical (unpaired) electrons. The second-order valence-electron chi connectivity index (χ2n) is 3.29. The maximum absolute atomic E-state index is 4.33. The molecule has 0 N–H and O–H groups in total. The number of rotatable bonds is 2. The summed E-state index contributed by atoms with van der Waals surface area (Å²) in [5.74, 6) is 0.798. The fraction of sp³-hybridized carbons (Fsp3) is 0.333. The van der Waals surface area contributed by atoms with E-state index in [-0.39, 0.29) is 0 Å². The molecule has 1 aromatic carbocycles. The summed E-state index contributed by atoms with van der Waals surface area (Å²) in [6.07, 6.45) is 3.45. The third kappa shape index (κ3) is 3.10. The van der Waals surface area contributed by atoms with E-state index in [2.05, 4.69) is 41.8 Å². The first-order valence-electron chi connectivity index (χ1n) is 5.21. The van der Waals surface area contributed by atoms with Gasteiger partial charge < -0.3 is 0 Å². The maximum Gasteiger partial charge on any atom is 0.181 e. The predicted octanol–water partition coefficient (Wildman–Crippen LogP) is 2.82. The van der Waals surface area contributed by atoms with E-state index in [0.717, 1.165) is 17.9 Å². The van der Waals surface area contributed by atoms with E-state index in [1.165, 1.54) is 5.56 Å². The van der Waals surface area contributed by atoms with Crippen LogP contribution < -0.4 is 0 Å². The van der Waals surface area contributed by atoms with Crippen LogP contribution in [0.25, 0.3) is 11.4 Å². The van der Waals surface area contributed by atoms with Crippen LogP contribution in [0, 0.1) is 6.92 Å². The number of thiol groups is 1. The smallest absolute Gasteiger partial charge is 0.181 e. The molecule has 0 aliphatic rings. The molecule has 0 saturated carbocycles. The summed E-state index contributed by atoms with van der Waals surface area (Å²) in [6.45, 7) is 4.98. The van der Waals surface area contributed by atoms with Gasteiger partial charge in [0.05, 0.1) is 0 Å². The van der Waals surface area contributed by atoms with Crippen molar-refractivity contribution in [3.05, 3.63) is 36.2 Å². The van der Waals surface area contributed by atoms with Crippen molar-refractivity contribution in [2.24, 2.45) is 0 Å². The molecule has 0 aliphatic carbocycles. The van der Waals surface area contributed by atoms with E-state index in [4.69, 9.17) is 0 Å². The van der Waals surface area contributed by atoms with Gasteiger partial charge in [0.25, 0.3) is 0 Å². The quantitative estimate of drug-likeness (QED) is 0.811. The Morgan fingerprint density at radius 1 is 1.19 bits per heavy atom. The third-order valence-corrected chi connectivity index (χ3v) is 2.17. The topological polar surface area (TPSA) is 30.7 Å². The van der Waals surface area contributed by atoms with Crippen LogP contribution in [-0.2, 0) is 6.54 Å². The van der Waals surface area contributed by atoms with Crippen molar-refractivity contribution in [2.75, 3.05) is 6.26 Å². The molecule has 0 atom stereocenters. The Morgan fingerprint density at radius 2 is 1.81 bits per heavy atom. The second kappa shape index (κ2) is 6.33. The van der Waals surface area contributed by atoms with Crippen molar-refractivity contribution in [1.29, 1.82) is 0 Å². The van der Waals surface area contributed by atoms with Crippen LogP contribution in [0.15, 0.2) is 30.6 Å². The highest BCUT2D eigenvalue weighted by atomic mass is 32.1. The number of benzene rings is 1. The lowest BCUT2D eigenvalue weighted by Gasteiger charge is -1.95. The zero-order valence-corrected chi connectivity index (χ0v) is 10.8. The molecule has 0 amide bonds. The van der Waals surface area contributed by atoms with Crippen LogP contribution in [0.4, 0.5) is 0 Å². The monoisotopic (exact) mass is 235 g/mol. The van der Waals surface area contributed by atoms with Crippen molar-refractivity contribution < 1.29 is 0 Å². The zero-order chi connectivity index (χ0) is 12.0. The molecule has 0 saturated heterocycles. The Labute approximate surface area is 102 Å². The van der Waals surface area contributed by atoms with Gasteiger partial charge in [-0.1, -0.05) is 29.8 Å².